The van der Waals surface area contributed by atoms with E-state index in [1.165, 1.54) is 30.5 Å². The highest BCUT2D eigenvalue weighted by molar-refractivity contribution is 5.95. The molecular weight excluding hydrogens is 313 g/mol. The Morgan fingerprint density at radius 1 is 1.29 bits per heavy atom. The van der Waals surface area contributed by atoms with E-state index in [0.717, 1.165) is 0 Å². The minimum Gasteiger partial charge on any atom is -0.481 e. The van der Waals surface area contributed by atoms with Gasteiger partial charge in [0, 0.05) is 11.7 Å². The van der Waals surface area contributed by atoms with Crippen molar-refractivity contribution in [1.82, 2.24) is 15.1 Å². The Balaban J connectivity index is 2.24. The first-order chi connectivity index (χ1) is 11.3. The van der Waals surface area contributed by atoms with Crippen molar-refractivity contribution >= 4 is 11.9 Å². The number of benzene rings is 1. The quantitative estimate of drug-likeness (QED) is 0.851. The summed E-state index contributed by atoms with van der Waals surface area (Å²) < 4.78 is 14.8. The maximum absolute atomic E-state index is 13.1. The van der Waals surface area contributed by atoms with Gasteiger partial charge in [0.2, 0.25) is 0 Å². The van der Waals surface area contributed by atoms with Gasteiger partial charge in [-0.2, -0.15) is 5.10 Å². The smallest absolute Gasteiger partial charge is 0.305 e. The molecule has 0 fully saturated rings. The summed E-state index contributed by atoms with van der Waals surface area (Å²) in [6, 6.07) is 4.76. The molecule has 0 saturated carbocycles. The maximum atomic E-state index is 13.1. The number of carbonyl (C=O) groups is 2. The van der Waals surface area contributed by atoms with Crippen LogP contribution in [0.5, 0.6) is 0 Å². The summed E-state index contributed by atoms with van der Waals surface area (Å²) in [5.74, 6) is -1.89. The molecule has 2 rings (SSSR count). The maximum Gasteiger partial charge on any atom is 0.305 e. The number of carboxylic acids is 1. The van der Waals surface area contributed by atoms with Gasteiger partial charge in [0.1, 0.15) is 5.82 Å². The first kappa shape index (κ1) is 17.7. The molecule has 0 bridgehead atoms. The Hall–Kier alpha value is -2.70. The number of nitrogens with zero attached hydrogens (tertiary/aromatic N) is 2. The van der Waals surface area contributed by atoms with Crippen molar-refractivity contribution in [2.75, 3.05) is 0 Å². The van der Waals surface area contributed by atoms with Gasteiger partial charge in [-0.3, -0.25) is 14.3 Å². The minimum atomic E-state index is -1.06. The normalized spacial score (nSPS) is 12.2. The molecule has 1 atom stereocenters. The number of aliphatic carboxylic acids is 1. The van der Waals surface area contributed by atoms with E-state index in [0.29, 0.717) is 16.8 Å². The molecule has 6 nitrogen and oxygen atoms in total. The predicted molar refractivity (Wildman–Crippen MR) is 86.2 cm³/mol. The van der Waals surface area contributed by atoms with Crippen molar-refractivity contribution < 1.29 is 19.1 Å². The fraction of sp³-hybridized carbons (Fsp3) is 0.353. The Kier molecular flexibility index (Phi) is 5.33. The van der Waals surface area contributed by atoms with Gasteiger partial charge in [-0.05, 0) is 38.5 Å². The van der Waals surface area contributed by atoms with E-state index in [-0.39, 0.29) is 12.5 Å². The van der Waals surface area contributed by atoms with Crippen LogP contribution in [0.25, 0.3) is 0 Å². The van der Waals surface area contributed by atoms with Gasteiger partial charge in [0.15, 0.2) is 0 Å². The standard InChI is InChI=1S/C17H20FN3O3/c1-10(2)21-11(3)14(9-19-21)17(24)20-15(8-16(22)23)12-4-6-13(18)7-5-12/h4-7,9-10,15H,8H2,1-3H3,(H,20,24)(H,22,23)/t15-/m0/s1. The van der Waals surface area contributed by atoms with E-state index in [4.69, 9.17) is 5.11 Å². The summed E-state index contributed by atoms with van der Waals surface area (Å²) in [5, 5.41) is 15.9. The lowest BCUT2D eigenvalue weighted by Gasteiger charge is -2.17. The lowest BCUT2D eigenvalue weighted by atomic mass is 10.0. The molecule has 0 unspecified atom stereocenters. The van der Waals surface area contributed by atoms with Crippen molar-refractivity contribution in [3.05, 3.63) is 53.1 Å². The molecule has 1 amide bonds. The van der Waals surface area contributed by atoms with Gasteiger partial charge >= 0.3 is 5.97 Å². The van der Waals surface area contributed by atoms with Crippen LogP contribution >= 0.6 is 0 Å². The Morgan fingerprint density at radius 2 is 1.92 bits per heavy atom. The highest BCUT2D eigenvalue weighted by Crippen LogP contribution is 2.20. The predicted octanol–water partition coefficient (Wildman–Crippen LogP) is 2.86. The Morgan fingerprint density at radius 3 is 2.42 bits per heavy atom. The van der Waals surface area contributed by atoms with Crippen LogP contribution in [0, 0.1) is 12.7 Å². The number of carbonyl (C=O) groups excluding carboxylic acids is 1. The second kappa shape index (κ2) is 7.25. The molecule has 0 radical (unpaired) electrons. The first-order valence-corrected chi connectivity index (χ1v) is 7.61. The molecule has 1 aromatic carbocycles. The van der Waals surface area contributed by atoms with Crippen LogP contribution in [-0.4, -0.2) is 26.8 Å². The van der Waals surface area contributed by atoms with E-state index >= 15 is 0 Å². The summed E-state index contributed by atoms with van der Waals surface area (Å²) in [6.07, 6.45) is 1.17. The zero-order valence-electron chi connectivity index (χ0n) is 13.8. The Labute approximate surface area is 139 Å². The molecule has 0 aliphatic heterocycles. The van der Waals surface area contributed by atoms with Crippen LogP contribution in [0.2, 0.25) is 0 Å². The van der Waals surface area contributed by atoms with Gasteiger partial charge < -0.3 is 10.4 Å². The monoisotopic (exact) mass is 333 g/mol. The molecular formula is C17H20FN3O3. The average molecular weight is 333 g/mol. The highest BCUT2D eigenvalue weighted by atomic mass is 19.1. The molecule has 24 heavy (non-hydrogen) atoms. The fourth-order valence-corrected chi connectivity index (χ4v) is 2.52. The summed E-state index contributed by atoms with van der Waals surface area (Å²) >= 11 is 0. The first-order valence-electron chi connectivity index (χ1n) is 7.61. The topological polar surface area (TPSA) is 84.2 Å². The fourth-order valence-electron chi connectivity index (χ4n) is 2.52. The number of carboxylic acid groups (broad SMARTS) is 1. The third-order valence-electron chi connectivity index (χ3n) is 3.73. The van der Waals surface area contributed by atoms with Crippen molar-refractivity contribution in [2.45, 2.75) is 39.3 Å². The molecule has 0 spiro atoms. The molecule has 1 heterocycles. The lowest BCUT2D eigenvalue weighted by molar-refractivity contribution is -0.137. The van der Waals surface area contributed by atoms with Gasteiger partial charge in [-0.15, -0.1) is 0 Å². The number of hydrogen-bond donors (Lipinski definition) is 2. The molecule has 0 aliphatic rings. The van der Waals surface area contributed by atoms with Crippen LogP contribution in [0.4, 0.5) is 4.39 Å². The van der Waals surface area contributed by atoms with Crippen LogP contribution in [0.15, 0.2) is 30.5 Å². The number of amides is 1. The molecule has 7 heteroatoms. The van der Waals surface area contributed by atoms with Crippen LogP contribution in [-0.2, 0) is 4.79 Å². The van der Waals surface area contributed by atoms with E-state index in [9.17, 15) is 14.0 Å². The van der Waals surface area contributed by atoms with E-state index in [1.54, 1.807) is 11.6 Å². The molecule has 1 aromatic heterocycles. The second-order valence-corrected chi connectivity index (χ2v) is 5.86. The SMILES string of the molecule is Cc1c(C(=O)N[C@@H](CC(=O)O)c2ccc(F)cc2)cnn1C(C)C. The van der Waals surface area contributed by atoms with E-state index in [1.807, 2.05) is 13.8 Å². The van der Waals surface area contributed by atoms with Crippen molar-refractivity contribution in [3.8, 4) is 0 Å². The van der Waals surface area contributed by atoms with Gasteiger partial charge in [-0.25, -0.2) is 4.39 Å². The van der Waals surface area contributed by atoms with Crippen LogP contribution < -0.4 is 5.32 Å². The highest BCUT2D eigenvalue weighted by Gasteiger charge is 2.22. The third-order valence-corrected chi connectivity index (χ3v) is 3.73. The molecule has 128 valence electrons. The summed E-state index contributed by atoms with van der Waals surface area (Å²) in [7, 11) is 0. The summed E-state index contributed by atoms with van der Waals surface area (Å²) in [4.78, 5) is 23.6. The average Bonchev–Trinajstić information content (AvgIpc) is 2.88. The number of nitrogens with one attached hydrogen (secondary N) is 1. The van der Waals surface area contributed by atoms with Gasteiger partial charge in [0.05, 0.1) is 24.2 Å². The number of rotatable bonds is 6. The third kappa shape index (κ3) is 3.98. The van der Waals surface area contributed by atoms with Crippen molar-refractivity contribution in [1.29, 1.82) is 0 Å². The largest absolute Gasteiger partial charge is 0.481 e. The number of halogens is 1. The lowest BCUT2D eigenvalue weighted by Crippen LogP contribution is -2.30. The van der Waals surface area contributed by atoms with Gasteiger partial charge in [0.25, 0.3) is 5.91 Å². The zero-order valence-corrected chi connectivity index (χ0v) is 13.8. The van der Waals surface area contributed by atoms with Gasteiger partial charge in [-0.1, -0.05) is 12.1 Å². The van der Waals surface area contributed by atoms with Crippen LogP contribution in [0.1, 0.15) is 54.0 Å². The van der Waals surface area contributed by atoms with Crippen LogP contribution in [0.3, 0.4) is 0 Å². The molecule has 2 N–H and O–H groups in total. The van der Waals surface area contributed by atoms with E-state index in [2.05, 4.69) is 10.4 Å². The molecule has 2 aromatic rings. The van der Waals surface area contributed by atoms with E-state index < -0.39 is 23.7 Å². The Bertz CT molecular complexity index is 738. The second-order valence-electron chi connectivity index (χ2n) is 5.86. The molecule has 0 aliphatic carbocycles. The molecule has 0 saturated heterocycles. The van der Waals surface area contributed by atoms with Crippen molar-refractivity contribution in [3.63, 3.8) is 0 Å². The number of aromatic nitrogens is 2. The summed E-state index contributed by atoms with van der Waals surface area (Å²) in [5.41, 5.74) is 1.62. The minimum absolute atomic E-state index is 0.110. The van der Waals surface area contributed by atoms with Crippen molar-refractivity contribution in [2.24, 2.45) is 0 Å². The zero-order chi connectivity index (χ0) is 17.9. The number of hydrogen-bond acceptors (Lipinski definition) is 3. The summed E-state index contributed by atoms with van der Waals surface area (Å²) in [6.45, 7) is 5.69.